The largest absolute Gasteiger partial charge is 0.466 e. The van der Waals surface area contributed by atoms with Gasteiger partial charge in [-0.2, -0.15) is 0 Å². The summed E-state index contributed by atoms with van der Waals surface area (Å²) in [4.78, 5) is 31.2. The summed E-state index contributed by atoms with van der Waals surface area (Å²) in [5, 5.41) is 1.81. The lowest BCUT2D eigenvalue weighted by Crippen LogP contribution is -2.43. The Morgan fingerprint density at radius 1 is 1.23 bits per heavy atom. The molecule has 1 aliphatic heterocycles. The Kier molecular flexibility index (Phi) is 6.61. The number of esters is 1. The number of rotatable bonds is 6. The first-order valence-electron chi connectivity index (χ1n) is 10.5. The van der Waals surface area contributed by atoms with Gasteiger partial charge in [0.25, 0.3) is 0 Å². The fraction of sp³-hybridized carbons (Fsp3) is 0.333. The number of amides is 1. The van der Waals surface area contributed by atoms with Gasteiger partial charge in [-0.05, 0) is 44.0 Å². The zero-order chi connectivity index (χ0) is 21.8. The molecule has 7 heteroatoms. The third kappa shape index (κ3) is 4.93. The molecule has 1 saturated heterocycles. The summed E-state index contributed by atoms with van der Waals surface area (Å²) in [6.45, 7) is 3.17. The van der Waals surface area contributed by atoms with Crippen molar-refractivity contribution >= 4 is 34.5 Å². The minimum atomic E-state index is -0.294. The predicted molar refractivity (Wildman–Crippen MR) is 118 cm³/mol. The molecule has 1 amide bonds. The lowest BCUT2D eigenvalue weighted by Gasteiger charge is -2.31. The highest BCUT2D eigenvalue weighted by Gasteiger charge is 2.30. The Balaban J connectivity index is 1.57. The molecule has 0 unspecified atom stereocenters. The number of aromatic nitrogens is 1. The number of piperidine rings is 1. The first-order valence-corrected chi connectivity index (χ1v) is 11.3. The normalized spacial score (nSPS) is 16.5. The van der Waals surface area contributed by atoms with Crippen LogP contribution in [0.25, 0.3) is 10.9 Å². The van der Waals surface area contributed by atoms with E-state index in [0.29, 0.717) is 19.7 Å². The van der Waals surface area contributed by atoms with E-state index in [0.717, 1.165) is 39.2 Å². The van der Waals surface area contributed by atoms with Crippen LogP contribution in [0.15, 0.2) is 58.5 Å². The van der Waals surface area contributed by atoms with Gasteiger partial charge < -0.3 is 14.6 Å². The maximum atomic E-state index is 13.7. The summed E-state index contributed by atoms with van der Waals surface area (Å²) in [6.07, 6.45) is 1.75. The second-order valence-corrected chi connectivity index (χ2v) is 8.73. The molecule has 2 aromatic carbocycles. The maximum absolute atomic E-state index is 13.7. The zero-order valence-electron chi connectivity index (χ0n) is 17.4. The molecule has 1 aliphatic rings. The van der Waals surface area contributed by atoms with Crippen molar-refractivity contribution in [3.05, 3.63) is 59.9 Å². The minimum Gasteiger partial charge on any atom is -0.466 e. The van der Waals surface area contributed by atoms with Crippen molar-refractivity contribution < 1.29 is 18.7 Å². The summed E-state index contributed by atoms with van der Waals surface area (Å²) in [5.41, 5.74) is 1.83. The fourth-order valence-corrected chi connectivity index (χ4v) is 5.03. The molecule has 0 aliphatic carbocycles. The number of hydrogen-bond donors (Lipinski definition) is 1. The van der Waals surface area contributed by atoms with E-state index in [1.54, 1.807) is 17.9 Å². The SMILES string of the molecule is CCOC(=O)[C@@H]1CCCN(C(=O)Cc2c(Sc3cccc(F)c3)[nH]c3ccccc23)C1. The third-order valence-electron chi connectivity index (χ3n) is 5.51. The third-order valence-corrected chi connectivity index (χ3v) is 6.55. The number of nitrogens with one attached hydrogen (secondary N) is 1. The molecule has 31 heavy (non-hydrogen) atoms. The maximum Gasteiger partial charge on any atom is 0.310 e. The molecule has 1 aromatic heterocycles. The van der Waals surface area contributed by atoms with Gasteiger partial charge >= 0.3 is 5.97 Å². The predicted octanol–water partition coefficient (Wildman–Crippen LogP) is 4.80. The smallest absolute Gasteiger partial charge is 0.310 e. The van der Waals surface area contributed by atoms with Gasteiger partial charge in [0.2, 0.25) is 5.91 Å². The van der Waals surface area contributed by atoms with E-state index in [1.807, 2.05) is 30.3 Å². The standard InChI is InChI=1S/C24H25FN2O3S/c1-2-30-24(29)16-7-6-12-27(15-16)22(28)14-20-19-10-3-4-11-21(19)26-23(20)31-18-9-5-8-17(25)13-18/h3-5,8-11,13,16,26H,2,6-7,12,14-15H2,1H3/t16-/m1/s1. The number of likely N-dealkylation sites (tertiary alicyclic amines) is 1. The molecule has 0 spiro atoms. The van der Waals surface area contributed by atoms with Crippen LogP contribution in [0.3, 0.4) is 0 Å². The first-order chi connectivity index (χ1) is 15.0. The molecule has 162 valence electrons. The Morgan fingerprint density at radius 3 is 2.87 bits per heavy atom. The van der Waals surface area contributed by atoms with Crippen molar-refractivity contribution in [1.29, 1.82) is 0 Å². The number of H-pyrrole nitrogens is 1. The number of carbonyl (C=O) groups is 2. The quantitative estimate of drug-likeness (QED) is 0.559. The van der Waals surface area contributed by atoms with E-state index >= 15 is 0 Å². The van der Waals surface area contributed by atoms with Gasteiger partial charge in [-0.3, -0.25) is 9.59 Å². The average Bonchev–Trinajstić information content (AvgIpc) is 3.11. The van der Waals surface area contributed by atoms with Crippen LogP contribution in [0, 0.1) is 11.7 Å². The molecule has 0 saturated carbocycles. The Labute approximate surface area is 185 Å². The molecule has 1 N–H and O–H groups in total. The molecule has 5 nitrogen and oxygen atoms in total. The number of para-hydroxylation sites is 1. The molecule has 0 bridgehead atoms. The van der Waals surface area contributed by atoms with Gasteiger partial charge in [-0.15, -0.1) is 0 Å². The van der Waals surface area contributed by atoms with Crippen LogP contribution in [-0.4, -0.2) is 41.5 Å². The van der Waals surface area contributed by atoms with E-state index in [-0.39, 0.29) is 30.0 Å². The number of aromatic amines is 1. The second-order valence-electron chi connectivity index (χ2n) is 7.65. The van der Waals surface area contributed by atoms with Crippen LogP contribution in [0.2, 0.25) is 0 Å². The van der Waals surface area contributed by atoms with Crippen LogP contribution in [0.4, 0.5) is 4.39 Å². The lowest BCUT2D eigenvalue weighted by atomic mass is 9.97. The molecule has 4 rings (SSSR count). The number of hydrogen-bond acceptors (Lipinski definition) is 4. The van der Waals surface area contributed by atoms with Gasteiger partial charge in [-0.1, -0.05) is 36.0 Å². The highest BCUT2D eigenvalue weighted by Crippen LogP contribution is 2.35. The number of fused-ring (bicyclic) bond motifs is 1. The van der Waals surface area contributed by atoms with Crippen molar-refractivity contribution in [2.75, 3.05) is 19.7 Å². The lowest BCUT2D eigenvalue weighted by molar-refractivity contribution is -0.151. The Bertz CT molecular complexity index is 1100. The van der Waals surface area contributed by atoms with Crippen molar-refractivity contribution in [1.82, 2.24) is 9.88 Å². The van der Waals surface area contributed by atoms with Crippen molar-refractivity contribution in [3.8, 4) is 0 Å². The summed E-state index contributed by atoms with van der Waals surface area (Å²) < 4.78 is 18.8. The molecular formula is C24H25FN2O3S. The monoisotopic (exact) mass is 440 g/mol. The Hall–Kier alpha value is -2.80. The van der Waals surface area contributed by atoms with Crippen LogP contribution in [-0.2, 0) is 20.7 Å². The van der Waals surface area contributed by atoms with E-state index < -0.39 is 0 Å². The molecule has 2 heterocycles. The van der Waals surface area contributed by atoms with Gasteiger partial charge in [0.05, 0.1) is 24.0 Å². The van der Waals surface area contributed by atoms with Crippen LogP contribution in [0.5, 0.6) is 0 Å². The first kappa shape index (κ1) is 21.4. The molecule has 1 fully saturated rings. The summed E-state index contributed by atoms with van der Waals surface area (Å²) in [6, 6.07) is 14.3. The van der Waals surface area contributed by atoms with Crippen molar-refractivity contribution in [2.24, 2.45) is 5.92 Å². The number of carbonyl (C=O) groups excluding carboxylic acids is 2. The highest BCUT2D eigenvalue weighted by atomic mass is 32.2. The van der Waals surface area contributed by atoms with Crippen LogP contribution in [0.1, 0.15) is 25.3 Å². The minimum absolute atomic E-state index is 0.0140. The van der Waals surface area contributed by atoms with Gasteiger partial charge in [-0.25, -0.2) is 4.39 Å². The number of ether oxygens (including phenoxy) is 1. The summed E-state index contributed by atoms with van der Waals surface area (Å²) in [7, 11) is 0. The van der Waals surface area contributed by atoms with E-state index in [9.17, 15) is 14.0 Å². The number of halogens is 1. The van der Waals surface area contributed by atoms with E-state index in [2.05, 4.69) is 4.98 Å². The molecule has 1 atom stereocenters. The molecule has 3 aromatic rings. The van der Waals surface area contributed by atoms with Crippen molar-refractivity contribution in [3.63, 3.8) is 0 Å². The topological polar surface area (TPSA) is 62.4 Å². The van der Waals surface area contributed by atoms with Gasteiger partial charge in [0.1, 0.15) is 5.82 Å². The molecule has 0 radical (unpaired) electrons. The van der Waals surface area contributed by atoms with E-state index in [4.69, 9.17) is 4.74 Å². The summed E-state index contributed by atoms with van der Waals surface area (Å²) >= 11 is 1.41. The molecular weight excluding hydrogens is 415 g/mol. The Morgan fingerprint density at radius 2 is 2.06 bits per heavy atom. The van der Waals surface area contributed by atoms with Gasteiger partial charge in [0.15, 0.2) is 0 Å². The van der Waals surface area contributed by atoms with Crippen LogP contribution >= 0.6 is 11.8 Å². The van der Waals surface area contributed by atoms with E-state index in [1.165, 1.54) is 23.9 Å². The zero-order valence-corrected chi connectivity index (χ0v) is 18.2. The summed E-state index contributed by atoms with van der Waals surface area (Å²) in [5.74, 6) is -0.798. The number of benzene rings is 2. The average molecular weight is 441 g/mol. The highest BCUT2D eigenvalue weighted by molar-refractivity contribution is 7.99. The van der Waals surface area contributed by atoms with Crippen LogP contribution < -0.4 is 0 Å². The van der Waals surface area contributed by atoms with Crippen molar-refractivity contribution in [2.45, 2.75) is 36.1 Å². The van der Waals surface area contributed by atoms with Gasteiger partial charge in [0, 0.05) is 34.5 Å². The fourth-order valence-electron chi connectivity index (χ4n) is 4.01. The second kappa shape index (κ2) is 9.56. The number of nitrogens with zero attached hydrogens (tertiary/aromatic N) is 1.